The molecule has 6 nitrogen and oxygen atoms in total. The molecule has 1 aromatic heterocycles. The Kier molecular flexibility index (Phi) is 4.97. The van der Waals surface area contributed by atoms with Gasteiger partial charge in [-0.1, -0.05) is 18.2 Å². The van der Waals surface area contributed by atoms with Crippen LogP contribution in [-0.2, 0) is 19.9 Å². The number of Topliss-reactive ketones (excluding diaryl/α,β-unsaturated/α-hetero) is 1. The number of halogens is 1. The van der Waals surface area contributed by atoms with Crippen LogP contribution in [0.1, 0.15) is 24.1 Å². The molecule has 0 bridgehead atoms. The Labute approximate surface area is 166 Å². The van der Waals surface area contributed by atoms with Gasteiger partial charge >= 0.3 is 0 Å². The average molecular weight is 430 g/mol. The van der Waals surface area contributed by atoms with E-state index in [1.807, 2.05) is 42.5 Å². The molecule has 0 spiro atoms. The van der Waals surface area contributed by atoms with E-state index in [0.29, 0.717) is 10.3 Å². The van der Waals surface area contributed by atoms with Crippen molar-refractivity contribution in [3.63, 3.8) is 0 Å². The van der Waals surface area contributed by atoms with E-state index in [9.17, 15) is 9.59 Å². The summed E-state index contributed by atoms with van der Waals surface area (Å²) in [4.78, 5) is 31.4. The van der Waals surface area contributed by atoms with Crippen LogP contribution >= 0.6 is 15.9 Å². The van der Waals surface area contributed by atoms with Crippen LogP contribution in [0.4, 0.5) is 5.69 Å². The quantitative estimate of drug-likeness (QED) is 0.598. The van der Waals surface area contributed by atoms with Crippen molar-refractivity contribution in [3.8, 4) is 0 Å². The summed E-state index contributed by atoms with van der Waals surface area (Å²) in [5.41, 5.74) is 1.66. The zero-order valence-electron chi connectivity index (χ0n) is 14.8. The van der Waals surface area contributed by atoms with Crippen LogP contribution in [0.2, 0.25) is 0 Å². The second kappa shape index (κ2) is 7.40. The van der Waals surface area contributed by atoms with Gasteiger partial charge in [0.2, 0.25) is 5.91 Å². The summed E-state index contributed by atoms with van der Waals surface area (Å²) < 4.78 is 6.07. The van der Waals surface area contributed by atoms with Crippen LogP contribution in [0.5, 0.6) is 0 Å². The Morgan fingerprint density at radius 1 is 1.07 bits per heavy atom. The van der Waals surface area contributed by atoms with Crippen LogP contribution in [0.25, 0.3) is 0 Å². The monoisotopic (exact) mass is 429 g/mol. The highest BCUT2D eigenvalue weighted by atomic mass is 79.9. The van der Waals surface area contributed by atoms with Gasteiger partial charge in [0.1, 0.15) is 15.9 Å². The molecule has 0 aliphatic carbocycles. The topological polar surface area (TPSA) is 71.5 Å². The first-order chi connectivity index (χ1) is 13.1. The van der Waals surface area contributed by atoms with Gasteiger partial charge in [-0.05, 0) is 45.8 Å². The standard InChI is InChI=1S/C20H20BrN3O3/c21-18-3-1-2-17(22-18)20(13-16(25)12-19(26)23-20)14-4-6-15(7-5-14)24-8-10-27-11-9-24/h1-7H,8-13H2,(H,23,26). The minimum Gasteiger partial charge on any atom is -0.378 e. The third kappa shape index (κ3) is 3.61. The zero-order chi connectivity index (χ0) is 18.9. The highest BCUT2D eigenvalue weighted by Gasteiger charge is 2.43. The van der Waals surface area contributed by atoms with Gasteiger partial charge in [0.15, 0.2) is 0 Å². The fraction of sp³-hybridized carbons (Fsp3) is 0.350. The van der Waals surface area contributed by atoms with E-state index in [1.165, 1.54) is 0 Å². The molecule has 140 valence electrons. The Hall–Kier alpha value is -2.25. The average Bonchev–Trinajstić information content (AvgIpc) is 2.68. The first-order valence-corrected chi connectivity index (χ1v) is 9.75. The van der Waals surface area contributed by atoms with Gasteiger partial charge < -0.3 is 15.0 Å². The zero-order valence-corrected chi connectivity index (χ0v) is 16.4. The summed E-state index contributed by atoms with van der Waals surface area (Å²) in [5.74, 6) is -0.358. The van der Waals surface area contributed by atoms with Crippen molar-refractivity contribution in [1.29, 1.82) is 0 Å². The minimum atomic E-state index is -0.945. The van der Waals surface area contributed by atoms with E-state index in [-0.39, 0.29) is 24.5 Å². The molecule has 4 rings (SSSR count). The number of nitrogens with one attached hydrogen (secondary N) is 1. The largest absolute Gasteiger partial charge is 0.378 e. The number of ether oxygens (including phenoxy) is 1. The molecule has 1 unspecified atom stereocenters. The number of piperidine rings is 1. The molecule has 2 aliphatic rings. The highest BCUT2D eigenvalue weighted by Crippen LogP contribution is 2.36. The second-order valence-corrected chi connectivity index (χ2v) is 7.65. The fourth-order valence-corrected chi connectivity index (χ4v) is 4.11. The first kappa shape index (κ1) is 18.1. The molecule has 1 amide bonds. The van der Waals surface area contributed by atoms with Crippen molar-refractivity contribution in [1.82, 2.24) is 10.3 Å². The van der Waals surface area contributed by atoms with Gasteiger partial charge in [0.05, 0.1) is 25.3 Å². The summed E-state index contributed by atoms with van der Waals surface area (Å²) in [6.45, 7) is 3.15. The fourth-order valence-electron chi connectivity index (χ4n) is 3.76. The van der Waals surface area contributed by atoms with Gasteiger partial charge in [-0.25, -0.2) is 4.98 Å². The normalized spacial score (nSPS) is 23.2. The Balaban J connectivity index is 1.74. The maximum atomic E-state index is 12.3. The maximum Gasteiger partial charge on any atom is 0.228 e. The number of aromatic nitrogens is 1. The van der Waals surface area contributed by atoms with E-state index >= 15 is 0 Å². The van der Waals surface area contributed by atoms with Crippen molar-refractivity contribution < 1.29 is 14.3 Å². The molecule has 27 heavy (non-hydrogen) atoms. The molecule has 1 atom stereocenters. The molecule has 1 N–H and O–H groups in total. The molecule has 2 aromatic rings. The summed E-state index contributed by atoms with van der Waals surface area (Å²) in [6, 6.07) is 13.6. The number of carbonyl (C=O) groups excluding carboxylic acids is 2. The number of hydrogen-bond acceptors (Lipinski definition) is 5. The smallest absolute Gasteiger partial charge is 0.228 e. The number of ketones is 1. The molecular formula is C20H20BrN3O3. The molecule has 1 aromatic carbocycles. The third-order valence-corrected chi connectivity index (χ3v) is 5.50. The van der Waals surface area contributed by atoms with E-state index in [0.717, 1.165) is 37.6 Å². The number of rotatable bonds is 3. The lowest BCUT2D eigenvalue weighted by Gasteiger charge is -2.38. The number of pyridine rings is 1. The molecule has 0 radical (unpaired) electrons. The maximum absolute atomic E-state index is 12.3. The van der Waals surface area contributed by atoms with Gasteiger partial charge in [-0.15, -0.1) is 0 Å². The summed E-state index contributed by atoms with van der Waals surface area (Å²) in [6.07, 6.45) is 0.112. The Bertz CT molecular complexity index is 847. The molecule has 2 fully saturated rings. The van der Waals surface area contributed by atoms with Gasteiger partial charge in [0.25, 0.3) is 0 Å². The molecule has 7 heteroatoms. The van der Waals surface area contributed by atoms with Crippen molar-refractivity contribution in [2.75, 3.05) is 31.2 Å². The van der Waals surface area contributed by atoms with Crippen molar-refractivity contribution >= 4 is 33.3 Å². The number of hydrogen-bond donors (Lipinski definition) is 1. The SMILES string of the molecule is O=C1CC(=O)NC(c2ccc(N3CCOCC3)cc2)(c2cccc(Br)n2)C1. The molecule has 0 saturated carbocycles. The summed E-state index contributed by atoms with van der Waals surface area (Å²) in [5, 5.41) is 3.04. The summed E-state index contributed by atoms with van der Waals surface area (Å²) in [7, 11) is 0. The number of benzene rings is 1. The Morgan fingerprint density at radius 2 is 1.81 bits per heavy atom. The molecule has 3 heterocycles. The first-order valence-electron chi connectivity index (χ1n) is 8.96. The lowest BCUT2D eigenvalue weighted by atomic mass is 9.78. The number of nitrogens with zero attached hydrogens (tertiary/aromatic N) is 2. The molecule has 2 saturated heterocycles. The number of morpholine rings is 1. The van der Waals surface area contributed by atoms with Crippen LogP contribution < -0.4 is 10.2 Å². The van der Waals surface area contributed by atoms with E-state index < -0.39 is 5.54 Å². The lowest BCUT2D eigenvalue weighted by molar-refractivity contribution is -0.133. The highest BCUT2D eigenvalue weighted by molar-refractivity contribution is 9.10. The number of carbonyl (C=O) groups is 2. The van der Waals surface area contributed by atoms with Crippen LogP contribution in [-0.4, -0.2) is 43.0 Å². The van der Waals surface area contributed by atoms with Crippen LogP contribution in [0.15, 0.2) is 47.1 Å². The van der Waals surface area contributed by atoms with Crippen LogP contribution in [0, 0.1) is 0 Å². The Morgan fingerprint density at radius 3 is 2.48 bits per heavy atom. The summed E-state index contributed by atoms with van der Waals surface area (Å²) >= 11 is 3.39. The molecule has 2 aliphatic heterocycles. The predicted octanol–water partition coefficient (Wildman–Crippen LogP) is 2.40. The van der Waals surface area contributed by atoms with Crippen molar-refractivity contribution in [2.24, 2.45) is 0 Å². The lowest BCUT2D eigenvalue weighted by Crippen LogP contribution is -2.53. The number of anilines is 1. The van der Waals surface area contributed by atoms with Gasteiger partial charge in [-0.3, -0.25) is 9.59 Å². The predicted molar refractivity (Wildman–Crippen MR) is 105 cm³/mol. The van der Waals surface area contributed by atoms with Crippen LogP contribution in [0.3, 0.4) is 0 Å². The van der Waals surface area contributed by atoms with E-state index in [2.05, 4.69) is 31.1 Å². The third-order valence-electron chi connectivity index (χ3n) is 5.06. The van der Waals surface area contributed by atoms with Gasteiger partial charge in [-0.2, -0.15) is 0 Å². The van der Waals surface area contributed by atoms with E-state index in [4.69, 9.17) is 4.74 Å². The number of amides is 1. The van der Waals surface area contributed by atoms with Crippen molar-refractivity contribution in [3.05, 3.63) is 58.3 Å². The molecular weight excluding hydrogens is 410 g/mol. The second-order valence-electron chi connectivity index (χ2n) is 6.84. The van der Waals surface area contributed by atoms with Gasteiger partial charge in [0, 0.05) is 25.2 Å². The van der Waals surface area contributed by atoms with E-state index in [1.54, 1.807) is 0 Å². The van der Waals surface area contributed by atoms with Crippen molar-refractivity contribution in [2.45, 2.75) is 18.4 Å². The minimum absolute atomic E-state index is 0.0817.